The molecule has 10 rings (SSSR count). The van der Waals surface area contributed by atoms with Gasteiger partial charge in [-0.15, -0.1) is 6.42 Å². The summed E-state index contributed by atoms with van der Waals surface area (Å²) in [6, 6.07) is 12.0. The molecule has 1 amide bonds. The Labute approximate surface area is 383 Å². The van der Waals surface area contributed by atoms with E-state index in [1.807, 2.05) is 25.7 Å². The molecule has 2 bridgehead atoms. The number of halogens is 2. The molecule has 5 atom stereocenters. The molecule has 5 aromatic rings. The summed E-state index contributed by atoms with van der Waals surface area (Å²) in [6.45, 7) is 10.9. The number of nitro groups is 1. The van der Waals surface area contributed by atoms with Crippen LogP contribution in [0, 0.1) is 34.1 Å². The molecule has 0 aliphatic carbocycles. The highest BCUT2D eigenvalue weighted by atomic mass is 19.1. The van der Waals surface area contributed by atoms with Crippen molar-refractivity contribution in [2.75, 3.05) is 37.8 Å². The molecule has 5 aliphatic rings. The number of carbonyl (C=O) groups excluding carboxylic acids is 2. The molecule has 7 heterocycles. The quantitative estimate of drug-likeness (QED) is 0.0362. The molecule has 0 N–H and O–H groups in total. The van der Waals surface area contributed by atoms with Crippen LogP contribution in [0.2, 0.25) is 0 Å². The molecule has 0 spiro atoms. The number of hydrogen-bond donors (Lipinski definition) is 0. The number of nitrogens with zero attached hydrogens (tertiary/aromatic N) is 7. The maximum atomic E-state index is 17.7. The number of pyridine rings is 1. The van der Waals surface area contributed by atoms with Gasteiger partial charge in [0.25, 0.3) is 5.69 Å². The number of non-ortho nitro benzene ring substituents is 1. The van der Waals surface area contributed by atoms with Gasteiger partial charge in [0.2, 0.25) is 5.88 Å². The van der Waals surface area contributed by atoms with Crippen LogP contribution in [0.5, 0.6) is 17.6 Å². The van der Waals surface area contributed by atoms with Crippen LogP contribution in [0.15, 0.2) is 66.7 Å². The van der Waals surface area contributed by atoms with Crippen molar-refractivity contribution in [3.8, 4) is 41.2 Å². The Kier molecular flexibility index (Phi) is 10.9. The summed E-state index contributed by atoms with van der Waals surface area (Å²) < 4.78 is 62.6. The molecule has 0 saturated carbocycles. The van der Waals surface area contributed by atoms with Gasteiger partial charge in [0, 0.05) is 48.6 Å². The van der Waals surface area contributed by atoms with E-state index in [9.17, 15) is 19.7 Å². The average molecular weight is 916 g/mol. The van der Waals surface area contributed by atoms with Crippen LogP contribution in [0.1, 0.15) is 64.9 Å². The van der Waals surface area contributed by atoms with Gasteiger partial charge >= 0.3 is 18.3 Å². The maximum absolute atomic E-state index is 17.7. The number of fused-ring (bicyclic) bond motifs is 7. The van der Waals surface area contributed by atoms with Crippen LogP contribution in [-0.2, 0) is 9.47 Å². The second kappa shape index (κ2) is 16.6. The standard InChI is InChI=1S/C49H47F2N7O9/c1-6-33-35(50)16-10-28-8-7-9-34(38(28)33)41-40(51)42-39-43(55-24-30-13-17-37(36(55)19-21-63-44(39)52-41)57(30)46(59)67-48(3,4)5)54-45(53-42)65-26-49-20-18-31(56(49)23-27(2)22-49)25-64-47(60)66-32-14-11-29(12-15-32)58(61)62/h1,7-12,14-16,30-31,36-37H,2,13,17-26H2,3-5H3/t30-,31+,36-,37+,49+/m1/s1. The maximum Gasteiger partial charge on any atom is 0.513 e. The van der Waals surface area contributed by atoms with E-state index in [-0.39, 0.29) is 95.0 Å². The monoisotopic (exact) mass is 915 g/mol. The summed E-state index contributed by atoms with van der Waals surface area (Å²) in [5.41, 5.74) is -0.514. The van der Waals surface area contributed by atoms with Crippen LogP contribution >= 0.6 is 0 Å². The van der Waals surface area contributed by atoms with Gasteiger partial charge in [-0.05, 0) is 76.5 Å². The summed E-state index contributed by atoms with van der Waals surface area (Å²) in [7, 11) is 0. The lowest BCUT2D eigenvalue weighted by Crippen LogP contribution is -2.62. The molecule has 16 nitrogen and oxygen atoms in total. The summed E-state index contributed by atoms with van der Waals surface area (Å²) in [4.78, 5) is 57.6. The van der Waals surface area contributed by atoms with Gasteiger partial charge in [0.1, 0.15) is 52.8 Å². The predicted octanol–water partition coefficient (Wildman–Crippen LogP) is 8.51. The zero-order valence-corrected chi connectivity index (χ0v) is 37.1. The smallest absolute Gasteiger partial charge is 0.477 e. The van der Waals surface area contributed by atoms with Crippen molar-refractivity contribution in [1.82, 2.24) is 24.8 Å². The number of aromatic nitrogens is 3. The number of piperazine rings is 1. The highest BCUT2D eigenvalue weighted by Gasteiger charge is 2.53. The minimum atomic E-state index is -0.951. The Hall–Kier alpha value is -7.13. The second-order valence-corrected chi connectivity index (χ2v) is 18.8. The molecule has 18 heteroatoms. The largest absolute Gasteiger partial charge is 0.513 e. The fourth-order valence-electron chi connectivity index (χ4n) is 10.7. The lowest BCUT2D eigenvalue weighted by Gasteiger charge is -2.48. The van der Waals surface area contributed by atoms with Crippen molar-refractivity contribution in [2.45, 2.75) is 94.6 Å². The van der Waals surface area contributed by atoms with Gasteiger partial charge in [-0.2, -0.15) is 9.97 Å². The SMILES string of the molecule is C#Cc1c(F)ccc2cccc(-c3nc4c5c(nc(OC[C@@]67CC[C@@H](COC(=O)Oc8ccc([N+](=O)[O-])cc8)N6CC(=C)C7)nc5c3F)N3C[C@H]5CC[C@@H]([C@H]3CCO4)N5C(=O)OC(C)(C)C)c12. The lowest BCUT2D eigenvalue weighted by atomic mass is 9.94. The number of ether oxygens (including phenoxy) is 5. The third-order valence-corrected chi connectivity index (χ3v) is 13.5. The Morgan fingerprint density at radius 1 is 1.03 bits per heavy atom. The number of amides is 1. The van der Waals surface area contributed by atoms with Crippen LogP contribution < -0.4 is 19.1 Å². The molecule has 346 valence electrons. The fourth-order valence-corrected chi connectivity index (χ4v) is 10.7. The Balaban J connectivity index is 1.00. The minimum absolute atomic E-state index is 0.000312. The Morgan fingerprint density at radius 2 is 1.84 bits per heavy atom. The predicted molar refractivity (Wildman–Crippen MR) is 241 cm³/mol. The molecule has 3 aromatic carbocycles. The van der Waals surface area contributed by atoms with Crippen LogP contribution in [-0.4, -0.2) is 110 Å². The summed E-state index contributed by atoms with van der Waals surface area (Å²) >= 11 is 0. The van der Waals surface area contributed by atoms with Crippen LogP contribution in [0.3, 0.4) is 0 Å². The number of terminal acetylenes is 1. The van der Waals surface area contributed by atoms with Crippen molar-refractivity contribution in [3.05, 3.63) is 94.1 Å². The second-order valence-electron chi connectivity index (χ2n) is 18.8. The molecule has 5 aliphatic heterocycles. The van der Waals surface area contributed by atoms with E-state index in [0.717, 1.165) is 18.4 Å². The topological polar surface area (TPSA) is 172 Å². The highest BCUT2D eigenvalue weighted by Crippen LogP contribution is 2.48. The van der Waals surface area contributed by atoms with Gasteiger partial charge in [0.15, 0.2) is 5.82 Å². The minimum Gasteiger partial charge on any atom is -0.477 e. The van der Waals surface area contributed by atoms with Gasteiger partial charge in [0.05, 0.1) is 40.8 Å². The third-order valence-electron chi connectivity index (χ3n) is 13.5. The molecule has 2 aromatic heterocycles. The van der Waals surface area contributed by atoms with E-state index in [2.05, 4.69) is 22.3 Å². The first-order valence-corrected chi connectivity index (χ1v) is 22.3. The number of carbonyl (C=O) groups is 2. The molecular formula is C49H47F2N7O9. The average Bonchev–Trinajstić information content (AvgIpc) is 3.92. The summed E-state index contributed by atoms with van der Waals surface area (Å²) in [6.07, 6.45) is 8.28. The van der Waals surface area contributed by atoms with Crippen molar-refractivity contribution in [3.63, 3.8) is 0 Å². The number of hydrogen-bond acceptors (Lipinski definition) is 14. The van der Waals surface area contributed by atoms with E-state index < -0.39 is 39.9 Å². The van der Waals surface area contributed by atoms with E-state index in [4.69, 9.17) is 45.1 Å². The first-order valence-electron chi connectivity index (χ1n) is 22.3. The fraction of sp³-hybridized carbons (Fsp3) is 0.408. The normalized spacial score (nSPS) is 23.2. The zero-order valence-electron chi connectivity index (χ0n) is 37.1. The summed E-state index contributed by atoms with van der Waals surface area (Å²) in [5, 5.41) is 12.2. The third kappa shape index (κ3) is 7.84. The van der Waals surface area contributed by atoms with Crippen molar-refractivity contribution in [2.24, 2.45) is 0 Å². The first-order chi connectivity index (χ1) is 32.1. The van der Waals surface area contributed by atoms with E-state index >= 15 is 8.78 Å². The van der Waals surface area contributed by atoms with E-state index in [1.54, 1.807) is 24.3 Å². The number of anilines is 1. The highest BCUT2D eigenvalue weighted by molar-refractivity contribution is 6.03. The van der Waals surface area contributed by atoms with Gasteiger partial charge in [-0.1, -0.05) is 42.3 Å². The van der Waals surface area contributed by atoms with Crippen molar-refractivity contribution in [1.29, 1.82) is 0 Å². The van der Waals surface area contributed by atoms with Gasteiger partial charge in [-0.3, -0.25) is 19.9 Å². The zero-order chi connectivity index (χ0) is 46.9. The molecular weight excluding hydrogens is 869 g/mol. The number of benzene rings is 3. The van der Waals surface area contributed by atoms with Crippen molar-refractivity contribution >= 4 is 45.4 Å². The Bertz CT molecular complexity index is 2920. The molecule has 0 radical (unpaired) electrons. The molecule has 67 heavy (non-hydrogen) atoms. The van der Waals surface area contributed by atoms with Crippen LogP contribution in [0.25, 0.3) is 32.9 Å². The van der Waals surface area contributed by atoms with Gasteiger partial charge < -0.3 is 28.6 Å². The lowest BCUT2D eigenvalue weighted by molar-refractivity contribution is -0.384. The van der Waals surface area contributed by atoms with Gasteiger partial charge in [-0.25, -0.2) is 23.4 Å². The number of rotatable bonds is 8. The summed E-state index contributed by atoms with van der Waals surface area (Å²) in [5.74, 6) is 1.54. The Morgan fingerprint density at radius 3 is 2.60 bits per heavy atom. The molecule has 4 saturated heterocycles. The van der Waals surface area contributed by atoms with E-state index in [0.29, 0.717) is 55.4 Å². The van der Waals surface area contributed by atoms with E-state index in [1.165, 1.54) is 30.3 Å². The van der Waals surface area contributed by atoms with Crippen molar-refractivity contribution < 1.29 is 47.0 Å². The first kappa shape index (κ1) is 43.7. The molecule has 4 fully saturated rings. The molecule has 0 unspecified atom stereocenters. The van der Waals surface area contributed by atoms with Crippen LogP contribution in [0.4, 0.5) is 29.9 Å². The number of nitro benzene ring substituents is 1.